The molecule has 2 aromatic heterocycles. The maximum Gasteiger partial charge on any atom is 0.274 e. The third-order valence-electron chi connectivity index (χ3n) is 9.31. The largest absolute Gasteiger partial charge is 0.790 e. The van der Waals surface area contributed by atoms with E-state index in [1.54, 1.807) is 0 Å². The second-order valence-corrected chi connectivity index (χ2v) is 20.3. The van der Waals surface area contributed by atoms with Gasteiger partial charge in [-0.15, -0.1) is 0 Å². The number of nitrogen functional groups attached to an aromatic ring is 1. The Morgan fingerprint density at radius 1 is 1.02 bits per heavy atom. The van der Waals surface area contributed by atoms with Gasteiger partial charge in [0.2, 0.25) is 11.8 Å². The number of aliphatic hydroxyl groups excluding tert-OH is 2. The first-order valence-electron chi connectivity index (χ1n) is 19.4. The Morgan fingerprint density at radius 2 is 1.69 bits per heavy atom. The van der Waals surface area contributed by atoms with Crippen LogP contribution in [0.15, 0.2) is 12.7 Å². The first kappa shape index (κ1) is 52.9. The van der Waals surface area contributed by atoms with Crippen LogP contribution in [-0.2, 0) is 50.7 Å². The Labute approximate surface area is 356 Å². The van der Waals surface area contributed by atoms with E-state index in [1.807, 2.05) is 0 Å². The maximum atomic E-state index is 12.6. The lowest BCUT2D eigenvalue weighted by atomic mass is 9.87. The van der Waals surface area contributed by atoms with Crippen LogP contribution in [0.2, 0.25) is 0 Å². The van der Waals surface area contributed by atoms with E-state index in [2.05, 4.69) is 57.3 Å². The van der Waals surface area contributed by atoms with Crippen LogP contribution in [0.4, 0.5) is 5.82 Å². The van der Waals surface area contributed by atoms with Crippen molar-refractivity contribution in [3.05, 3.63) is 12.7 Å². The van der Waals surface area contributed by atoms with Gasteiger partial charge in [0.15, 0.2) is 22.8 Å². The number of thioether (sulfide) groups is 1. The predicted molar refractivity (Wildman–Crippen MR) is 210 cm³/mol. The van der Waals surface area contributed by atoms with E-state index in [9.17, 15) is 57.9 Å². The molecule has 61 heavy (non-hydrogen) atoms. The van der Waals surface area contributed by atoms with Crippen LogP contribution in [0.3, 0.4) is 0 Å². The number of nitrogens with two attached hydrogens (primary N) is 1. The molecule has 6 N–H and O–H groups in total. The quantitative estimate of drug-likeness (QED) is 0.0550. The molecular formula is C33H54N7O17P3S-4. The molecule has 0 bridgehead atoms. The molecule has 2 amide bonds. The van der Waals surface area contributed by atoms with E-state index >= 15 is 0 Å². The fourth-order valence-electron chi connectivity index (χ4n) is 5.99. The Hall–Kier alpha value is -2.44. The molecule has 0 radical (unpaired) electrons. The van der Waals surface area contributed by atoms with Gasteiger partial charge >= 0.3 is 0 Å². The Kier molecular flexibility index (Phi) is 20.8. The Morgan fingerprint density at radius 3 is 2.38 bits per heavy atom. The Balaban J connectivity index is 1.41. The number of aromatic nitrogens is 4. The molecule has 3 heterocycles. The Bertz CT molecular complexity index is 1910. The van der Waals surface area contributed by atoms with Crippen LogP contribution >= 0.6 is 35.2 Å². The van der Waals surface area contributed by atoms with Crippen molar-refractivity contribution < 1.29 is 80.5 Å². The van der Waals surface area contributed by atoms with Crippen LogP contribution in [0.1, 0.15) is 91.7 Å². The standard InChI is InChI=1S/C33H58N7O17P3S/c1-5-6-7-8-9-10-11-21(2)16-24(42)61-15-14-35-23(41)12-13-36-31(45)28(44)33(3,4)18-54-60(51,52)57-59(49,50)53-17-22-27(56-58(46,47)48)26(43)32(55-22)40-20-39-25-29(34)37-19-38-30(25)40/h19-22,26-28,32,43-44H,5-18H2,1-4H3,(H,35,41)(H,36,45)(H,49,50)(H,51,52)(H2,34,37,38)(H2,46,47,48)/p-4/t21?,22-,26-,27-,28+,32-/m1/s1. The number of rotatable bonds is 28. The third-order valence-corrected chi connectivity index (χ3v) is 13.2. The van der Waals surface area contributed by atoms with Crippen molar-refractivity contribution in [1.82, 2.24) is 30.2 Å². The van der Waals surface area contributed by atoms with Gasteiger partial charge in [0.05, 0.1) is 27.4 Å². The number of ether oxygens (including phenoxy) is 1. The zero-order chi connectivity index (χ0) is 45.6. The molecule has 1 saturated heterocycles. The van der Waals surface area contributed by atoms with Gasteiger partial charge in [-0.25, -0.2) is 19.3 Å². The van der Waals surface area contributed by atoms with Crippen molar-refractivity contribution in [3.8, 4) is 0 Å². The predicted octanol–water partition coefficient (Wildman–Crippen LogP) is -0.0865. The van der Waals surface area contributed by atoms with Crippen LogP contribution in [0.5, 0.6) is 0 Å². The molecular weight excluding hydrogens is 891 g/mol. The summed E-state index contributed by atoms with van der Waals surface area (Å²) >= 11 is 1.14. The number of amides is 2. The van der Waals surface area contributed by atoms with E-state index in [0.29, 0.717) is 12.2 Å². The molecule has 8 atom stereocenters. The van der Waals surface area contributed by atoms with Gasteiger partial charge < -0.3 is 69.0 Å². The molecule has 0 saturated carbocycles. The summed E-state index contributed by atoms with van der Waals surface area (Å²) in [5, 5.41) is 26.4. The number of carbonyl (C=O) groups excluding carboxylic acids is 3. The molecule has 28 heteroatoms. The average molecular weight is 946 g/mol. The van der Waals surface area contributed by atoms with Gasteiger partial charge in [0, 0.05) is 37.1 Å². The lowest BCUT2D eigenvalue weighted by molar-refractivity contribution is -0.347. The first-order valence-corrected chi connectivity index (χ1v) is 24.8. The van der Waals surface area contributed by atoms with E-state index < -0.39 is 84.6 Å². The lowest BCUT2D eigenvalue weighted by Crippen LogP contribution is -2.46. The van der Waals surface area contributed by atoms with Gasteiger partial charge in [-0.1, -0.05) is 84.4 Å². The summed E-state index contributed by atoms with van der Waals surface area (Å²) in [5.41, 5.74) is 4.09. The van der Waals surface area contributed by atoms with Crippen molar-refractivity contribution in [1.29, 1.82) is 0 Å². The summed E-state index contributed by atoms with van der Waals surface area (Å²) < 4.78 is 60.7. The normalized spacial score (nSPS) is 21.4. The lowest BCUT2D eigenvalue weighted by Gasteiger charge is -2.36. The molecule has 348 valence electrons. The van der Waals surface area contributed by atoms with Gasteiger partial charge in [0.25, 0.3) is 15.6 Å². The van der Waals surface area contributed by atoms with E-state index in [-0.39, 0.29) is 47.5 Å². The number of phosphoric ester groups is 3. The summed E-state index contributed by atoms with van der Waals surface area (Å²) in [6.45, 7) is 4.39. The summed E-state index contributed by atoms with van der Waals surface area (Å²) in [6, 6.07) is 0. The molecule has 1 fully saturated rings. The number of anilines is 1. The molecule has 2 aromatic rings. The minimum atomic E-state index is -5.91. The fourth-order valence-corrected chi connectivity index (χ4v) is 9.56. The molecule has 3 rings (SSSR count). The highest BCUT2D eigenvalue weighted by Gasteiger charge is 2.47. The highest BCUT2D eigenvalue weighted by Crippen LogP contribution is 2.56. The molecule has 0 aromatic carbocycles. The number of unbranched alkanes of at least 4 members (excludes halogenated alkanes) is 5. The third kappa shape index (κ3) is 17.9. The molecule has 0 spiro atoms. The van der Waals surface area contributed by atoms with Crippen molar-refractivity contribution in [2.24, 2.45) is 11.3 Å². The van der Waals surface area contributed by atoms with Crippen molar-refractivity contribution in [2.45, 2.75) is 116 Å². The molecule has 1 aliphatic rings. The van der Waals surface area contributed by atoms with Crippen molar-refractivity contribution in [3.63, 3.8) is 0 Å². The number of nitrogens with zero attached hydrogens (tertiary/aromatic N) is 4. The molecule has 24 nitrogen and oxygen atoms in total. The first-order chi connectivity index (χ1) is 28.4. The number of phosphoric acid groups is 3. The second-order valence-electron chi connectivity index (χ2n) is 15.1. The van der Waals surface area contributed by atoms with E-state index in [1.165, 1.54) is 39.5 Å². The number of hydrogen-bond acceptors (Lipinski definition) is 22. The van der Waals surface area contributed by atoms with Crippen LogP contribution in [0, 0.1) is 11.3 Å². The van der Waals surface area contributed by atoms with Gasteiger partial charge in [-0.2, -0.15) is 0 Å². The highest BCUT2D eigenvalue weighted by atomic mass is 32.2. The summed E-state index contributed by atoms with van der Waals surface area (Å²) in [6.07, 6.45) is 1.03. The number of fused-ring (bicyclic) bond motifs is 1. The number of nitrogens with one attached hydrogen (secondary N) is 2. The number of imidazole rings is 1. The van der Waals surface area contributed by atoms with Crippen LogP contribution < -0.4 is 35.9 Å². The van der Waals surface area contributed by atoms with Crippen molar-refractivity contribution in [2.75, 3.05) is 37.8 Å². The molecule has 1 aliphatic heterocycles. The number of hydrogen-bond donors (Lipinski definition) is 5. The zero-order valence-corrected chi connectivity index (χ0v) is 37.7. The van der Waals surface area contributed by atoms with E-state index in [4.69, 9.17) is 10.5 Å². The summed E-state index contributed by atoms with van der Waals surface area (Å²) in [7, 11) is -17.6. The monoisotopic (exact) mass is 945 g/mol. The van der Waals surface area contributed by atoms with Gasteiger partial charge in [-0.05, 0) is 5.92 Å². The van der Waals surface area contributed by atoms with Crippen molar-refractivity contribution >= 4 is 69.1 Å². The van der Waals surface area contributed by atoms with Crippen LogP contribution in [0.25, 0.3) is 11.2 Å². The smallest absolute Gasteiger partial charge is 0.274 e. The topological polar surface area (TPSA) is 375 Å². The maximum absolute atomic E-state index is 12.6. The van der Waals surface area contributed by atoms with Gasteiger partial charge in [-0.3, -0.25) is 28.1 Å². The minimum Gasteiger partial charge on any atom is -0.790 e. The zero-order valence-electron chi connectivity index (χ0n) is 34.2. The molecule has 0 aliphatic carbocycles. The fraction of sp³-hybridized carbons (Fsp3) is 0.758. The molecule has 3 unspecified atom stereocenters. The van der Waals surface area contributed by atoms with E-state index in [0.717, 1.165) is 48.2 Å². The summed E-state index contributed by atoms with van der Waals surface area (Å²) in [5.74, 6) is -0.861. The number of carbonyl (C=O) groups is 3. The van der Waals surface area contributed by atoms with Gasteiger partial charge in [0.1, 0.15) is 36.3 Å². The number of aliphatic hydroxyl groups is 2. The highest BCUT2D eigenvalue weighted by molar-refractivity contribution is 8.13. The average Bonchev–Trinajstić information content (AvgIpc) is 3.72. The minimum absolute atomic E-state index is 0.0190. The SMILES string of the molecule is CCCCCCCCC(C)CC(=O)SCCNC(=O)CCNC(=O)[C@H](O)C(C)(C)COP(=O)([O-])OP(=O)([O-])OC[C@H]1O[C@@H](n2cnc3c(N)ncnc32)[C@H](O)[C@@H]1OP(=O)([O-])[O-]. The van der Waals surface area contributed by atoms with Crippen LogP contribution in [-0.4, -0.2) is 103 Å². The summed E-state index contributed by atoms with van der Waals surface area (Å²) in [4.78, 5) is 96.7. The second kappa shape index (κ2) is 24.0.